The van der Waals surface area contributed by atoms with Gasteiger partial charge in [-0.1, -0.05) is 107 Å². The zero-order valence-electron chi connectivity index (χ0n) is 16.8. The van der Waals surface area contributed by atoms with Crippen LogP contribution < -0.4 is 16.4 Å². The van der Waals surface area contributed by atoms with Crippen molar-refractivity contribution in [1.82, 2.24) is 0 Å². The lowest BCUT2D eigenvalue weighted by atomic mass is 9.33. The molecule has 1 nitrogen and oxygen atoms in total. The fraction of sp³-hybridized carbons (Fsp3) is 0. The molecule has 2 heteroatoms. The van der Waals surface area contributed by atoms with Gasteiger partial charge in [0.2, 0.25) is 6.71 Å². The van der Waals surface area contributed by atoms with E-state index in [9.17, 15) is 5.26 Å². The second-order valence-electron chi connectivity index (χ2n) is 8.42. The van der Waals surface area contributed by atoms with Crippen molar-refractivity contribution < 1.29 is 0 Å². The maximum absolute atomic E-state index is 9.71. The van der Waals surface area contributed by atoms with Crippen LogP contribution in [-0.4, -0.2) is 6.71 Å². The summed E-state index contributed by atoms with van der Waals surface area (Å²) >= 11 is 0. The predicted octanol–water partition coefficient (Wildman–Crippen LogP) is 4.95. The Hall–Kier alpha value is -4.09. The molecule has 6 aromatic rings. The van der Waals surface area contributed by atoms with E-state index in [0.717, 1.165) is 10.9 Å². The molecule has 0 bridgehead atoms. The minimum atomic E-state index is 0.189. The number of benzene rings is 6. The smallest absolute Gasteiger partial charge is 0.192 e. The van der Waals surface area contributed by atoms with Crippen LogP contribution in [0.5, 0.6) is 0 Å². The van der Waals surface area contributed by atoms with Crippen LogP contribution in [0.15, 0.2) is 97.1 Å². The van der Waals surface area contributed by atoms with Crippen molar-refractivity contribution in [3.8, 4) is 17.2 Å². The number of nitriles is 1. The van der Waals surface area contributed by atoms with E-state index in [0.29, 0.717) is 0 Å². The van der Waals surface area contributed by atoms with E-state index in [-0.39, 0.29) is 6.71 Å². The van der Waals surface area contributed by atoms with Crippen molar-refractivity contribution in [2.24, 2.45) is 0 Å². The van der Waals surface area contributed by atoms with Gasteiger partial charge in [-0.3, -0.25) is 0 Å². The van der Waals surface area contributed by atoms with Crippen LogP contribution in [-0.2, 0) is 0 Å². The number of hydrogen-bond acceptors (Lipinski definition) is 1. The molecule has 0 aliphatic carbocycles. The van der Waals surface area contributed by atoms with E-state index in [2.05, 4.69) is 97.1 Å². The molecule has 0 fully saturated rings. The normalized spacial score (nSPS) is 12.4. The zero-order valence-corrected chi connectivity index (χ0v) is 16.8. The first-order chi connectivity index (χ1) is 15.3. The first-order valence-corrected chi connectivity index (χ1v) is 10.6. The van der Waals surface area contributed by atoms with Gasteiger partial charge in [-0.25, -0.2) is 0 Å². The van der Waals surface area contributed by atoms with E-state index in [1.54, 1.807) is 0 Å². The molecule has 0 amide bonds. The fourth-order valence-electron chi connectivity index (χ4n) is 5.66. The Kier molecular flexibility index (Phi) is 3.21. The molecule has 6 aromatic carbocycles. The molecule has 0 saturated carbocycles. The molecule has 0 radical (unpaired) electrons. The van der Waals surface area contributed by atoms with Crippen LogP contribution in [0.1, 0.15) is 5.56 Å². The third-order valence-corrected chi connectivity index (χ3v) is 6.92. The minimum absolute atomic E-state index is 0.189. The van der Waals surface area contributed by atoms with Gasteiger partial charge >= 0.3 is 0 Å². The van der Waals surface area contributed by atoms with Crippen molar-refractivity contribution in [3.05, 3.63) is 103 Å². The first kappa shape index (κ1) is 16.7. The van der Waals surface area contributed by atoms with Gasteiger partial charge in [0, 0.05) is 5.39 Å². The lowest BCUT2D eigenvalue weighted by molar-refractivity contribution is 1.51. The molecule has 1 aliphatic heterocycles. The van der Waals surface area contributed by atoms with Crippen LogP contribution in [0.25, 0.3) is 43.4 Å². The summed E-state index contributed by atoms with van der Waals surface area (Å²) in [5.74, 6) is 0. The summed E-state index contributed by atoms with van der Waals surface area (Å²) in [6, 6.07) is 37.2. The van der Waals surface area contributed by atoms with Crippen LogP contribution in [0.4, 0.5) is 0 Å². The van der Waals surface area contributed by atoms with E-state index in [1.165, 1.54) is 54.4 Å². The van der Waals surface area contributed by atoms with Gasteiger partial charge < -0.3 is 0 Å². The highest BCUT2D eigenvalue weighted by atomic mass is 14.3. The van der Waals surface area contributed by atoms with E-state index in [4.69, 9.17) is 0 Å². The van der Waals surface area contributed by atoms with Gasteiger partial charge in [-0.15, -0.1) is 0 Å². The monoisotopic (exact) mass is 389 g/mol. The van der Waals surface area contributed by atoms with E-state index < -0.39 is 0 Å². The average Bonchev–Trinajstić information content (AvgIpc) is 2.84. The zero-order chi connectivity index (χ0) is 20.5. The van der Waals surface area contributed by atoms with Crippen molar-refractivity contribution >= 4 is 55.4 Å². The van der Waals surface area contributed by atoms with Crippen molar-refractivity contribution in [2.75, 3.05) is 0 Å². The average molecular weight is 389 g/mol. The lowest BCUT2D eigenvalue weighted by Gasteiger charge is -2.29. The second kappa shape index (κ2) is 5.97. The molecule has 0 saturated heterocycles. The maximum Gasteiger partial charge on any atom is 0.242 e. The molecule has 0 unspecified atom stereocenters. The number of nitrogens with zero attached hydrogens (tertiary/aromatic N) is 1. The molecule has 0 N–H and O–H groups in total. The molecule has 0 spiro atoms. The van der Waals surface area contributed by atoms with Gasteiger partial charge in [0.25, 0.3) is 0 Å². The highest BCUT2D eigenvalue weighted by Gasteiger charge is 2.32. The molecule has 140 valence electrons. The van der Waals surface area contributed by atoms with E-state index >= 15 is 0 Å². The molecular formula is C29H16BN. The van der Waals surface area contributed by atoms with Gasteiger partial charge in [-0.05, 0) is 44.1 Å². The van der Waals surface area contributed by atoms with Crippen LogP contribution in [0.2, 0.25) is 0 Å². The predicted molar refractivity (Wildman–Crippen MR) is 131 cm³/mol. The Morgan fingerprint density at radius 3 is 2.23 bits per heavy atom. The molecule has 0 aromatic heterocycles. The summed E-state index contributed by atoms with van der Waals surface area (Å²) in [5, 5.41) is 17.0. The third kappa shape index (κ3) is 2.10. The van der Waals surface area contributed by atoms with Crippen molar-refractivity contribution in [1.29, 1.82) is 5.26 Å². The highest BCUT2D eigenvalue weighted by molar-refractivity contribution is 6.98. The number of hydrogen-bond donors (Lipinski definition) is 0. The van der Waals surface area contributed by atoms with Gasteiger partial charge in [0.05, 0.1) is 11.6 Å². The standard InChI is InChI=1S/C29H16BN/c31-17-20-11-10-19-16-26-29-24(15-13-18-12-14-22(20)27(19)28(18)29)23-8-4-5-9-25(23)30(26)21-6-2-1-3-7-21/h1-16H. The Balaban J connectivity index is 1.75. The van der Waals surface area contributed by atoms with Crippen molar-refractivity contribution in [2.45, 2.75) is 0 Å². The Bertz CT molecular complexity index is 1690. The minimum Gasteiger partial charge on any atom is -0.192 e. The van der Waals surface area contributed by atoms with Gasteiger partial charge in [0.1, 0.15) is 0 Å². The number of rotatable bonds is 1. The molecule has 0 atom stereocenters. The summed E-state index contributed by atoms with van der Waals surface area (Å²) in [5.41, 5.74) is 7.37. The molecule has 31 heavy (non-hydrogen) atoms. The second-order valence-corrected chi connectivity index (χ2v) is 8.42. The molecule has 1 aliphatic rings. The summed E-state index contributed by atoms with van der Waals surface area (Å²) in [7, 11) is 0. The lowest BCUT2D eigenvalue weighted by Crippen LogP contribution is -2.54. The van der Waals surface area contributed by atoms with Crippen LogP contribution in [0.3, 0.4) is 0 Å². The van der Waals surface area contributed by atoms with Gasteiger partial charge in [-0.2, -0.15) is 5.26 Å². The fourth-order valence-corrected chi connectivity index (χ4v) is 5.66. The van der Waals surface area contributed by atoms with Crippen LogP contribution in [0, 0.1) is 11.3 Å². The first-order valence-electron chi connectivity index (χ1n) is 10.6. The molecule has 7 rings (SSSR count). The Labute approximate surface area is 180 Å². The Morgan fingerprint density at radius 1 is 0.581 bits per heavy atom. The highest BCUT2D eigenvalue weighted by Crippen LogP contribution is 2.40. The topological polar surface area (TPSA) is 23.8 Å². The van der Waals surface area contributed by atoms with Gasteiger partial charge in [0.15, 0.2) is 0 Å². The van der Waals surface area contributed by atoms with Crippen molar-refractivity contribution in [3.63, 3.8) is 0 Å². The Morgan fingerprint density at radius 2 is 1.35 bits per heavy atom. The summed E-state index contributed by atoms with van der Waals surface area (Å²) in [6.07, 6.45) is 0. The SMILES string of the molecule is N#Cc1ccc2cc3c4c(ccc5ccc1c2c54)-c1ccccc1B3c1ccccc1. The maximum atomic E-state index is 9.71. The summed E-state index contributed by atoms with van der Waals surface area (Å²) < 4.78 is 0. The van der Waals surface area contributed by atoms with E-state index in [1.807, 2.05) is 6.07 Å². The summed E-state index contributed by atoms with van der Waals surface area (Å²) in [6.45, 7) is 0.189. The largest absolute Gasteiger partial charge is 0.242 e. The molecular weight excluding hydrogens is 373 g/mol. The molecule has 1 heterocycles. The summed E-state index contributed by atoms with van der Waals surface area (Å²) in [4.78, 5) is 0. The van der Waals surface area contributed by atoms with Crippen LogP contribution >= 0.6 is 0 Å². The number of fused-ring (bicyclic) bond motifs is 2. The quantitative estimate of drug-likeness (QED) is 0.288. The third-order valence-electron chi connectivity index (χ3n) is 6.92.